The zero-order chi connectivity index (χ0) is 13.2. The van der Waals surface area contributed by atoms with Crippen molar-refractivity contribution in [3.63, 3.8) is 0 Å². The number of aromatic nitrogens is 4. The SMILES string of the molecule is CCc1cccc(Nc2nc3nonc3[nH]c2=O)c1. The Morgan fingerprint density at radius 1 is 1.37 bits per heavy atom. The molecule has 3 aromatic rings. The summed E-state index contributed by atoms with van der Waals surface area (Å²) in [5.41, 5.74) is 2.09. The van der Waals surface area contributed by atoms with Crippen molar-refractivity contribution >= 4 is 22.8 Å². The van der Waals surface area contributed by atoms with Crippen molar-refractivity contribution in [2.24, 2.45) is 0 Å². The van der Waals surface area contributed by atoms with Crippen LogP contribution in [0.3, 0.4) is 0 Å². The first-order chi connectivity index (χ1) is 9.26. The number of nitrogens with one attached hydrogen (secondary N) is 2. The first-order valence-electron chi connectivity index (χ1n) is 5.85. The second kappa shape index (κ2) is 4.52. The maximum absolute atomic E-state index is 11.8. The number of aromatic amines is 1. The molecule has 0 unspecified atom stereocenters. The minimum atomic E-state index is -0.370. The third kappa shape index (κ3) is 2.17. The highest BCUT2D eigenvalue weighted by molar-refractivity contribution is 5.67. The van der Waals surface area contributed by atoms with Crippen molar-refractivity contribution in [2.75, 3.05) is 5.32 Å². The summed E-state index contributed by atoms with van der Waals surface area (Å²) in [7, 11) is 0. The Hall–Kier alpha value is -2.70. The van der Waals surface area contributed by atoms with Gasteiger partial charge < -0.3 is 5.32 Å². The zero-order valence-corrected chi connectivity index (χ0v) is 10.2. The van der Waals surface area contributed by atoms with E-state index in [2.05, 4.69) is 37.2 Å². The summed E-state index contributed by atoms with van der Waals surface area (Å²) in [6, 6.07) is 7.77. The van der Waals surface area contributed by atoms with Crippen LogP contribution in [0.25, 0.3) is 11.3 Å². The van der Waals surface area contributed by atoms with Gasteiger partial charge in [0.25, 0.3) is 5.56 Å². The molecule has 0 spiro atoms. The van der Waals surface area contributed by atoms with Crippen LogP contribution in [-0.2, 0) is 6.42 Å². The Morgan fingerprint density at radius 2 is 2.26 bits per heavy atom. The first-order valence-corrected chi connectivity index (χ1v) is 5.85. The van der Waals surface area contributed by atoms with E-state index in [1.807, 2.05) is 24.3 Å². The van der Waals surface area contributed by atoms with E-state index in [9.17, 15) is 4.79 Å². The lowest BCUT2D eigenvalue weighted by atomic mass is 10.1. The van der Waals surface area contributed by atoms with Crippen molar-refractivity contribution in [2.45, 2.75) is 13.3 Å². The van der Waals surface area contributed by atoms with Gasteiger partial charge in [0.15, 0.2) is 5.82 Å². The number of rotatable bonds is 3. The zero-order valence-electron chi connectivity index (χ0n) is 10.2. The maximum Gasteiger partial charge on any atom is 0.292 e. The molecule has 0 saturated carbocycles. The van der Waals surface area contributed by atoms with Gasteiger partial charge in [0, 0.05) is 5.69 Å². The third-order valence-electron chi connectivity index (χ3n) is 2.73. The topological polar surface area (TPSA) is 96.7 Å². The predicted molar refractivity (Wildman–Crippen MR) is 69.3 cm³/mol. The van der Waals surface area contributed by atoms with Crippen LogP contribution in [0.4, 0.5) is 11.5 Å². The number of hydrogen-bond donors (Lipinski definition) is 2. The maximum atomic E-state index is 11.8. The molecule has 0 saturated heterocycles. The number of aryl methyl sites for hydroxylation is 1. The van der Waals surface area contributed by atoms with Crippen LogP contribution in [-0.4, -0.2) is 20.3 Å². The molecule has 1 aromatic carbocycles. The fraction of sp³-hybridized carbons (Fsp3) is 0.167. The number of anilines is 2. The van der Waals surface area contributed by atoms with Crippen LogP contribution < -0.4 is 10.9 Å². The Balaban J connectivity index is 1.99. The molecule has 2 heterocycles. The van der Waals surface area contributed by atoms with Crippen molar-refractivity contribution in [3.8, 4) is 0 Å². The quantitative estimate of drug-likeness (QED) is 0.740. The number of benzene rings is 1. The largest absolute Gasteiger partial charge is 0.336 e. The number of fused-ring (bicyclic) bond motifs is 1. The van der Waals surface area contributed by atoms with Gasteiger partial charge in [-0.05, 0) is 34.4 Å². The molecule has 2 N–H and O–H groups in total. The van der Waals surface area contributed by atoms with Gasteiger partial charge in [-0.2, -0.15) is 4.98 Å². The van der Waals surface area contributed by atoms with Crippen molar-refractivity contribution < 1.29 is 4.63 Å². The van der Waals surface area contributed by atoms with E-state index in [0.29, 0.717) is 0 Å². The van der Waals surface area contributed by atoms with Gasteiger partial charge in [0.2, 0.25) is 11.3 Å². The highest BCUT2D eigenvalue weighted by Gasteiger charge is 2.08. The molecule has 0 amide bonds. The van der Waals surface area contributed by atoms with Gasteiger partial charge in [-0.25, -0.2) is 4.63 Å². The molecule has 0 radical (unpaired) electrons. The normalized spacial score (nSPS) is 10.8. The summed E-state index contributed by atoms with van der Waals surface area (Å²) in [6.07, 6.45) is 0.922. The van der Waals surface area contributed by atoms with E-state index in [1.165, 1.54) is 5.56 Å². The second-order valence-electron chi connectivity index (χ2n) is 4.03. The van der Waals surface area contributed by atoms with E-state index in [1.54, 1.807) is 0 Å². The summed E-state index contributed by atoms with van der Waals surface area (Å²) in [6.45, 7) is 2.07. The molecule has 2 aromatic heterocycles. The lowest BCUT2D eigenvalue weighted by Crippen LogP contribution is -2.13. The molecule has 0 fully saturated rings. The summed E-state index contributed by atoms with van der Waals surface area (Å²) < 4.78 is 4.50. The van der Waals surface area contributed by atoms with Crippen molar-refractivity contribution in [1.29, 1.82) is 0 Å². The number of H-pyrrole nitrogens is 1. The molecule has 3 rings (SSSR count). The molecular weight excluding hydrogens is 246 g/mol. The molecule has 7 nitrogen and oxygen atoms in total. The number of hydrogen-bond acceptors (Lipinski definition) is 6. The summed E-state index contributed by atoms with van der Waals surface area (Å²) >= 11 is 0. The fourth-order valence-electron chi connectivity index (χ4n) is 1.75. The second-order valence-corrected chi connectivity index (χ2v) is 4.03. The van der Waals surface area contributed by atoms with Crippen LogP contribution in [0.5, 0.6) is 0 Å². The average Bonchev–Trinajstić information content (AvgIpc) is 2.86. The molecular formula is C12H11N5O2. The molecule has 19 heavy (non-hydrogen) atoms. The van der Waals surface area contributed by atoms with Crippen molar-refractivity contribution in [3.05, 3.63) is 40.2 Å². The molecule has 0 aliphatic carbocycles. The summed E-state index contributed by atoms with van der Waals surface area (Å²) in [5.74, 6) is 0.163. The van der Waals surface area contributed by atoms with E-state index in [0.717, 1.165) is 12.1 Å². The van der Waals surface area contributed by atoms with Crippen LogP contribution in [0.15, 0.2) is 33.7 Å². The molecule has 7 heteroatoms. The van der Waals surface area contributed by atoms with Crippen LogP contribution >= 0.6 is 0 Å². The molecule has 96 valence electrons. The van der Waals surface area contributed by atoms with Gasteiger partial charge in [-0.15, -0.1) is 0 Å². The average molecular weight is 257 g/mol. The van der Waals surface area contributed by atoms with Gasteiger partial charge in [-0.3, -0.25) is 9.78 Å². The summed E-state index contributed by atoms with van der Waals surface area (Å²) in [5, 5.41) is 10.1. The lowest BCUT2D eigenvalue weighted by molar-refractivity contribution is 0.314. The van der Waals surface area contributed by atoms with Gasteiger partial charge in [-0.1, -0.05) is 19.1 Å². The van der Waals surface area contributed by atoms with Gasteiger partial charge >= 0.3 is 0 Å². The highest BCUT2D eigenvalue weighted by Crippen LogP contribution is 2.15. The molecule has 0 aliphatic rings. The molecule has 0 atom stereocenters. The smallest absolute Gasteiger partial charge is 0.292 e. The Bertz CT molecular complexity index is 777. The Kier molecular flexibility index (Phi) is 2.71. The lowest BCUT2D eigenvalue weighted by Gasteiger charge is -2.05. The van der Waals surface area contributed by atoms with Crippen LogP contribution in [0.1, 0.15) is 12.5 Å². The van der Waals surface area contributed by atoms with Crippen molar-refractivity contribution in [1.82, 2.24) is 20.3 Å². The van der Waals surface area contributed by atoms with Crippen LogP contribution in [0, 0.1) is 0 Å². The first kappa shape index (κ1) is 11.4. The summed E-state index contributed by atoms with van der Waals surface area (Å²) in [4.78, 5) is 18.4. The fourth-order valence-corrected chi connectivity index (χ4v) is 1.75. The van der Waals surface area contributed by atoms with E-state index in [4.69, 9.17) is 0 Å². The Labute approximate surface area is 107 Å². The van der Waals surface area contributed by atoms with E-state index >= 15 is 0 Å². The third-order valence-corrected chi connectivity index (χ3v) is 2.73. The monoisotopic (exact) mass is 257 g/mol. The Morgan fingerprint density at radius 3 is 3.11 bits per heavy atom. The standard InChI is InChI=1S/C12H11N5O2/c1-2-7-4-3-5-8(6-7)13-11-12(18)15-10-9(14-11)16-19-17-10/h3-6H,2H2,1H3,(H,13,14,16)(H,15,17,18). The number of nitrogens with zero attached hydrogens (tertiary/aromatic N) is 3. The highest BCUT2D eigenvalue weighted by atomic mass is 16.6. The molecule has 0 bridgehead atoms. The minimum absolute atomic E-state index is 0.163. The van der Waals surface area contributed by atoms with E-state index in [-0.39, 0.29) is 22.7 Å². The van der Waals surface area contributed by atoms with Gasteiger partial charge in [0.05, 0.1) is 0 Å². The predicted octanol–water partition coefficient (Wildman–Crippen LogP) is 1.61. The van der Waals surface area contributed by atoms with Gasteiger partial charge in [0.1, 0.15) is 0 Å². The molecule has 0 aliphatic heterocycles. The van der Waals surface area contributed by atoms with Crippen LogP contribution in [0.2, 0.25) is 0 Å². The van der Waals surface area contributed by atoms with E-state index < -0.39 is 0 Å². The minimum Gasteiger partial charge on any atom is -0.336 e.